The van der Waals surface area contributed by atoms with Crippen molar-refractivity contribution in [1.82, 2.24) is 4.90 Å². The maximum atomic E-state index is 13.6. The Labute approximate surface area is 112 Å². The predicted molar refractivity (Wildman–Crippen MR) is 64.2 cm³/mol. The molecule has 1 saturated heterocycles. The molecule has 1 N–H and O–H groups in total. The molecule has 1 aliphatic rings. The minimum absolute atomic E-state index is 0.00352. The summed E-state index contributed by atoms with van der Waals surface area (Å²) in [6.07, 6.45) is 0.323. The third kappa shape index (κ3) is 2.60. The number of benzene rings is 1. The highest BCUT2D eigenvalue weighted by molar-refractivity contribution is 5.95. The van der Waals surface area contributed by atoms with Crippen LogP contribution in [0.4, 0.5) is 14.5 Å². The summed E-state index contributed by atoms with van der Waals surface area (Å²) in [5.41, 5.74) is -2.60. The largest absolute Gasteiger partial charge is 0.388 e. The summed E-state index contributed by atoms with van der Waals surface area (Å²) < 4.78 is 26.8. The minimum Gasteiger partial charge on any atom is -0.388 e. The monoisotopic (exact) mass is 286 g/mol. The van der Waals surface area contributed by atoms with Crippen LogP contribution in [0.5, 0.6) is 0 Å². The van der Waals surface area contributed by atoms with Gasteiger partial charge < -0.3 is 10.0 Å². The van der Waals surface area contributed by atoms with Crippen molar-refractivity contribution in [2.75, 3.05) is 13.1 Å². The van der Waals surface area contributed by atoms with Gasteiger partial charge in [0.2, 0.25) is 5.82 Å². The molecule has 0 aromatic heterocycles. The highest BCUT2D eigenvalue weighted by Gasteiger charge is 2.36. The van der Waals surface area contributed by atoms with E-state index in [1.54, 1.807) is 0 Å². The first kappa shape index (κ1) is 14.3. The highest BCUT2D eigenvalue weighted by atomic mass is 19.1. The van der Waals surface area contributed by atoms with Crippen LogP contribution in [0.3, 0.4) is 0 Å². The van der Waals surface area contributed by atoms with Crippen molar-refractivity contribution < 1.29 is 23.6 Å². The molecule has 1 amide bonds. The van der Waals surface area contributed by atoms with E-state index in [4.69, 9.17) is 0 Å². The third-order valence-corrected chi connectivity index (χ3v) is 3.20. The first-order valence-corrected chi connectivity index (χ1v) is 5.86. The van der Waals surface area contributed by atoms with Gasteiger partial charge in [-0.15, -0.1) is 0 Å². The van der Waals surface area contributed by atoms with Gasteiger partial charge in [-0.05, 0) is 13.3 Å². The van der Waals surface area contributed by atoms with Crippen LogP contribution in [0, 0.1) is 21.7 Å². The fourth-order valence-electron chi connectivity index (χ4n) is 2.13. The summed E-state index contributed by atoms with van der Waals surface area (Å²) in [7, 11) is 0. The lowest BCUT2D eigenvalue weighted by atomic mass is 10.1. The fraction of sp³-hybridized carbons (Fsp3) is 0.417. The van der Waals surface area contributed by atoms with Crippen molar-refractivity contribution in [1.29, 1.82) is 0 Å². The predicted octanol–water partition coefficient (Wildman–Crippen LogP) is 1.47. The number of likely N-dealkylation sites (tertiary alicyclic amines) is 1. The van der Waals surface area contributed by atoms with Crippen molar-refractivity contribution in [3.05, 3.63) is 39.4 Å². The van der Waals surface area contributed by atoms with Gasteiger partial charge >= 0.3 is 5.69 Å². The van der Waals surface area contributed by atoms with Crippen molar-refractivity contribution in [2.45, 2.75) is 18.9 Å². The number of carbonyl (C=O) groups excluding carboxylic acids is 1. The Balaban J connectivity index is 2.35. The topological polar surface area (TPSA) is 83.7 Å². The average Bonchev–Trinajstić information content (AvgIpc) is 2.68. The standard InChI is InChI=1S/C12H12F2N2O4/c1-12(18)2-3-15(6-12)11(17)7-4-10(16(19)20)9(14)5-8(7)13/h4-5,18H,2-3,6H2,1H3. The number of rotatable bonds is 2. The van der Waals surface area contributed by atoms with Crippen LogP contribution in [0.25, 0.3) is 0 Å². The molecule has 1 atom stereocenters. The van der Waals surface area contributed by atoms with Crippen LogP contribution in [0.2, 0.25) is 0 Å². The Morgan fingerprint density at radius 3 is 2.60 bits per heavy atom. The van der Waals surface area contributed by atoms with E-state index in [0.29, 0.717) is 18.6 Å². The zero-order valence-corrected chi connectivity index (χ0v) is 10.6. The van der Waals surface area contributed by atoms with E-state index in [-0.39, 0.29) is 13.1 Å². The second-order valence-corrected chi connectivity index (χ2v) is 5.01. The molecule has 0 bridgehead atoms. The van der Waals surface area contributed by atoms with E-state index < -0.39 is 39.3 Å². The van der Waals surface area contributed by atoms with Crippen LogP contribution >= 0.6 is 0 Å². The molecule has 0 aliphatic carbocycles. The molecular weight excluding hydrogens is 274 g/mol. The fourth-order valence-corrected chi connectivity index (χ4v) is 2.13. The van der Waals surface area contributed by atoms with Gasteiger partial charge in [0, 0.05) is 25.2 Å². The van der Waals surface area contributed by atoms with E-state index >= 15 is 0 Å². The lowest BCUT2D eigenvalue weighted by Gasteiger charge is -2.19. The van der Waals surface area contributed by atoms with Gasteiger partial charge in [-0.3, -0.25) is 14.9 Å². The maximum Gasteiger partial charge on any atom is 0.305 e. The van der Waals surface area contributed by atoms with E-state index in [0.717, 1.165) is 0 Å². The Bertz CT molecular complexity index is 589. The summed E-state index contributed by atoms with van der Waals surface area (Å²) >= 11 is 0. The normalized spacial score (nSPS) is 22.1. The van der Waals surface area contributed by atoms with Gasteiger partial charge in [-0.1, -0.05) is 0 Å². The number of halogens is 2. The second kappa shape index (κ2) is 4.78. The lowest BCUT2D eigenvalue weighted by Crippen LogP contribution is -2.34. The lowest BCUT2D eigenvalue weighted by molar-refractivity contribution is -0.387. The average molecular weight is 286 g/mol. The minimum atomic E-state index is -1.34. The number of nitrogens with zero attached hydrogens (tertiary/aromatic N) is 2. The number of hydrogen-bond acceptors (Lipinski definition) is 4. The molecule has 1 heterocycles. The molecule has 108 valence electrons. The Hall–Kier alpha value is -2.09. The summed E-state index contributed by atoms with van der Waals surface area (Å²) in [5, 5.41) is 20.4. The van der Waals surface area contributed by atoms with Crippen molar-refractivity contribution in [3.8, 4) is 0 Å². The number of β-amino-alcohol motifs (C(OH)–C–C–N with tert-alkyl or cyclic N) is 1. The zero-order chi connectivity index (χ0) is 15.1. The first-order valence-electron chi connectivity index (χ1n) is 5.86. The van der Waals surface area contributed by atoms with Gasteiger partial charge in [0.05, 0.1) is 16.1 Å². The van der Waals surface area contributed by atoms with Gasteiger partial charge in [0.15, 0.2) is 0 Å². The molecule has 0 spiro atoms. The highest BCUT2D eigenvalue weighted by Crippen LogP contribution is 2.26. The Morgan fingerprint density at radius 1 is 1.45 bits per heavy atom. The van der Waals surface area contributed by atoms with Crippen LogP contribution < -0.4 is 0 Å². The summed E-state index contributed by atoms with van der Waals surface area (Å²) in [4.78, 5) is 22.8. The van der Waals surface area contributed by atoms with Gasteiger partial charge in [0.1, 0.15) is 5.82 Å². The Morgan fingerprint density at radius 2 is 2.10 bits per heavy atom. The molecule has 2 rings (SSSR count). The Kier molecular flexibility index (Phi) is 3.43. The molecule has 0 saturated carbocycles. The summed E-state index contributed by atoms with van der Waals surface area (Å²) in [5.74, 6) is -3.30. The van der Waals surface area contributed by atoms with Crippen LogP contribution in [-0.4, -0.2) is 39.5 Å². The smallest absolute Gasteiger partial charge is 0.305 e. The zero-order valence-electron chi connectivity index (χ0n) is 10.6. The molecule has 1 fully saturated rings. The summed E-state index contributed by atoms with van der Waals surface area (Å²) in [6, 6.07) is 0.902. The van der Waals surface area contributed by atoms with Crippen molar-refractivity contribution in [2.24, 2.45) is 0 Å². The SMILES string of the molecule is CC1(O)CCN(C(=O)c2cc([N+](=O)[O-])c(F)cc2F)C1. The van der Waals surface area contributed by atoms with Crippen LogP contribution in [-0.2, 0) is 0 Å². The number of nitro groups is 1. The second-order valence-electron chi connectivity index (χ2n) is 5.01. The molecule has 6 nitrogen and oxygen atoms in total. The van der Waals surface area contributed by atoms with Gasteiger partial charge in [-0.25, -0.2) is 4.39 Å². The van der Waals surface area contributed by atoms with Gasteiger partial charge in [-0.2, -0.15) is 4.39 Å². The number of amides is 1. The first-order chi connectivity index (χ1) is 9.21. The molecule has 8 heteroatoms. The van der Waals surface area contributed by atoms with E-state index in [1.165, 1.54) is 11.8 Å². The van der Waals surface area contributed by atoms with Crippen LogP contribution in [0.1, 0.15) is 23.7 Å². The molecule has 1 aromatic rings. The van der Waals surface area contributed by atoms with E-state index in [9.17, 15) is 28.8 Å². The van der Waals surface area contributed by atoms with Crippen LogP contribution in [0.15, 0.2) is 12.1 Å². The number of hydrogen-bond donors (Lipinski definition) is 1. The maximum absolute atomic E-state index is 13.6. The van der Waals surface area contributed by atoms with Crippen molar-refractivity contribution >= 4 is 11.6 Å². The molecular formula is C12H12F2N2O4. The van der Waals surface area contributed by atoms with E-state index in [2.05, 4.69) is 0 Å². The molecule has 1 aromatic carbocycles. The quantitative estimate of drug-likeness (QED) is 0.659. The molecule has 1 unspecified atom stereocenters. The van der Waals surface area contributed by atoms with Crippen molar-refractivity contribution in [3.63, 3.8) is 0 Å². The number of carbonyl (C=O) groups is 1. The van der Waals surface area contributed by atoms with E-state index in [1.807, 2.05) is 0 Å². The van der Waals surface area contributed by atoms with Gasteiger partial charge in [0.25, 0.3) is 5.91 Å². The molecule has 0 radical (unpaired) electrons. The molecule has 20 heavy (non-hydrogen) atoms. The number of nitro benzene ring substituents is 1. The number of aliphatic hydroxyl groups is 1. The molecule has 1 aliphatic heterocycles. The summed E-state index contributed by atoms with van der Waals surface area (Å²) in [6.45, 7) is 1.73. The third-order valence-electron chi connectivity index (χ3n) is 3.20.